The highest BCUT2D eigenvalue weighted by Crippen LogP contribution is 2.36. The zero-order chi connectivity index (χ0) is 11.4. The van der Waals surface area contributed by atoms with Gasteiger partial charge in [0.05, 0.1) is 6.04 Å². The summed E-state index contributed by atoms with van der Waals surface area (Å²) in [5.74, 6) is 0.207. The SMILES string of the molecule is CC1(CNC2CCCCNC2=O)CCCC1. The Labute approximate surface area is 98.4 Å². The molecule has 0 spiro atoms. The lowest BCUT2D eigenvalue weighted by atomic mass is 9.88. The van der Waals surface area contributed by atoms with Gasteiger partial charge in [-0.05, 0) is 37.5 Å². The molecule has 16 heavy (non-hydrogen) atoms. The van der Waals surface area contributed by atoms with E-state index < -0.39 is 0 Å². The first-order valence-electron chi connectivity index (χ1n) is 6.71. The molecule has 2 rings (SSSR count). The van der Waals surface area contributed by atoms with Crippen LogP contribution in [0, 0.1) is 5.41 Å². The lowest BCUT2D eigenvalue weighted by molar-refractivity contribution is -0.122. The highest BCUT2D eigenvalue weighted by molar-refractivity contribution is 5.81. The summed E-state index contributed by atoms with van der Waals surface area (Å²) in [5.41, 5.74) is 0.437. The molecule has 1 atom stereocenters. The molecule has 1 saturated heterocycles. The molecule has 1 saturated carbocycles. The largest absolute Gasteiger partial charge is 0.355 e. The van der Waals surface area contributed by atoms with Crippen molar-refractivity contribution in [1.82, 2.24) is 10.6 Å². The van der Waals surface area contributed by atoms with Crippen molar-refractivity contribution in [3.63, 3.8) is 0 Å². The van der Waals surface area contributed by atoms with E-state index in [4.69, 9.17) is 0 Å². The molecule has 0 radical (unpaired) electrons. The molecule has 1 aliphatic carbocycles. The smallest absolute Gasteiger partial charge is 0.237 e. The third-order valence-corrected chi connectivity index (χ3v) is 4.12. The van der Waals surface area contributed by atoms with Crippen LogP contribution in [0.2, 0.25) is 0 Å². The number of hydrogen-bond donors (Lipinski definition) is 2. The Kier molecular flexibility index (Phi) is 3.85. The summed E-state index contributed by atoms with van der Waals surface area (Å²) in [7, 11) is 0. The molecule has 92 valence electrons. The Bertz CT molecular complexity index is 246. The lowest BCUT2D eigenvalue weighted by Crippen LogP contribution is -2.46. The van der Waals surface area contributed by atoms with Gasteiger partial charge in [-0.15, -0.1) is 0 Å². The van der Waals surface area contributed by atoms with Gasteiger partial charge in [0, 0.05) is 13.1 Å². The Morgan fingerprint density at radius 1 is 1.31 bits per heavy atom. The van der Waals surface area contributed by atoms with Crippen LogP contribution in [0.15, 0.2) is 0 Å². The van der Waals surface area contributed by atoms with E-state index in [1.165, 1.54) is 25.7 Å². The van der Waals surface area contributed by atoms with Crippen LogP contribution < -0.4 is 10.6 Å². The Balaban J connectivity index is 1.81. The van der Waals surface area contributed by atoms with Gasteiger partial charge in [0.15, 0.2) is 0 Å². The second-order valence-electron chi connectivity index (χ2n) is 5.74. The van der Waals surface area contributed by atoms with Crippen molar-refractivity contribution in [2.24, 2.45) is 5.41 Å². The fourth-order valence-electron chi connectivity index (χ4n) is 2.91. The molecule has 3 heteroatoms. The molecule has 0 aromatic carbocycles. The molecule has 1 aliphatic heterocycles. The van der Waals surface area contributed by atoms with Gasteiger partial charge < -0.3 is 10.6 Å². The minimum Gasteiger partial charge on any atom is -0.355 e. The first kappa shape index (κ1) is 11.9. The predicted molar refractivity (Wildman–Crippen MR) is 65.2 cm³/mol. The average molecular weight is 224 g/mol. The van der Waals surface area contributed by atoms with Gasteiger partial charge >= 0.3 is 0 Å². The zero-order valence-corrected chi connectivity index (χ0v) is 10.3. The van der Waals surface area contributed by atoms with Crippen molar-refractivity contribution in [2.75, 3.05) is 13.1 Å². The number of carbonyl (C=O) groups excluding carboxylic acids is 1. The van der Waals surface area contributed by atoms with E-state index in [1.807, 2.05) is 0 Å². The first-order chi connectivity index (χ1) is 7.70. The molecular formula is C13H24N2O. The number of nitrogens with one attached hydrogen (secondary N) is 2. The topological polar surface area (TPSA) is 41.1 Å². The van der Waals surface area contributed by atoms with E-state index in [2.05, 4.69) is 17.6 Å². The third kappa shape index (κ3) is 2.97. The second-order valence-corrected chi connectivity index (χ2v) is 5.74. The highest BCUT2D eigenvalue weighted by atomic mass is 16.2. The third-order valence-electron chi connectivity index (χ3n) is 4.12. The molecular weight excluding hydrogens is 200 g/mol. The maximum absolute atomic E-state index is 11.7. The first-order valence-corrected chi connectivity index (χ1v) is 6.71. The van der Waals surface area contributed by atoms with Gasteiger partial charge in [0.1, 0.15) is 0 Å². The number of rotatable bonds is 3. The van der Waals surface area contributed by atoms with Crippen molar-refractivity contribution in [3.05, 3.63) is 0 Å². The van der Waals surface area contributed by atoms with Gasteiger partial charge in [-0.1, -0.05) is 19.8 Å². The molecule has 0 aromatic heterocycles. The number of carbonyl (C=O) groups is 1. The molecule has 2 fully saturated rings. The van der Waals surface area contributed by atoms with E-state index in [0.29, 0.717) is 5.41 Å². The summed E-state index contributed by atoms with van der Waals surface area (Å²) in [6, 6.07) is 0.0555. The highest BCUT2D eigenvalue weighted by Gasteiger charge is 2.30. The predicted octanol–water partition coefficient (Wildman–Crippen LogP) is 1.82. The monoisotopic (exact) mass is 224 g/mol. The summed E-state index contributed by atoms with van der Waals surface area (Å²) in [5, 5.41) is 6.46. The van der Waals surface area contributed by atoms with Gasteiger partial charge in [-0.2, -0.15) is 0 Å². The van der Waals surface area contributed by atoms with E-state index in [1.54, 1.807) is 0 Å². The molecule has 1 amide bonds. The minimum atomic E-state index is 0.0555. The van der Waals surface area contributed by atoms with E-state index in [0.717, 1.165) is 32.4 Å². The normalized spacial score (nSPS) is 29.8. The lowest BCUT2D eigenvalue weighted by Gasteiger charge is -2.26. The van der Waals surface area contributed by atoms with Crippen molar-refractivity contribution >= 4 is 5.91 Å². The minimum absolute atomic E-state index is 0.0555. The Morgan fingerprint density at radius 3 is 2.81 bits per heavy atom. The summed E-state index contributed by atoms with van der Waals surface area (Å²) < 4.78 is 0. The van der Waals surface area contributed by atoms with E-state index in [-0.39, 0.29) is 11.9 Å². The quantitative estimate of drug-likeness (QED) is 0.768. The van der Waals surface area contributed by atoms with Crippen LogP contribution in [0.4, 0.5) is 0 Å². The van der Waals surface area contributed by atoms with Crippen molar-refractivity contribution in [3.8, 4) is 0 Å². The van der Waals surface area contributed by atoms with Crippen LogP contribution in [0.5, 0.6) is 0 Å². The maximum Gasteiger partial charge on any atom is 0.237 e. The maximum atomic E-state index is 11.7. The van der Waals surface area contributed by atoms with Crippen LogP contribution in [0.3, 0.4) is 0 Å². The zero-order valence-electron chi connectivity index (χ0n) is 10.3. The standard InChI is InChI=1S/C13H24N2O/c1-13(7-3-4-8-13)10-15-11-6-2-5-9-14-12(11)16/h11,15H,2-10H2,1H3,(H,14,16). The van der Waals surface area contributed by atoms with E-state index in [9.17, 15) is 4.79 Å². The summed E-state index contributed by atoms with van der Waals surface area (Å²) >= 11 is 0. The van der Waals surface area contributed by atoms with Gasteiger partial charge in [-0.25, -0.2) is 0 Å². The molecule has 1 heterocycles. The fraction of sp³-hybridized carbons (Fsp3) is 0.923. The molecule has 2 aliphatic rings. The van der Waals surface area contributed by atoms with E-state index >= 15 is 0 Å². The Hall–Kier alpha value is -0.570. The van der Waals surface area contributed by atoms with Crippen LogP contribution >= 0.6 is 0 Å². The number of amides is 1. The number of hydrogen-bond acceptors (Lipinski definition) is 2. The van der Waals surface area contributed by atoms with Crippen molar-refractivity contribution < 1.29 is 4.79 Å². The van der Waals surface area contributed by atoms with Crippen molar-refractivity contribution in [1.29, 1.82) is 0 Å². The summed E-state index contributed by atoms with van der Waals surface area (Å²) in [4.78, 5) is 11.7. The van der Waals surface area contributed by atoms with Gasteiger partial charge in [-0.3, -0.25) is 4.79 Å². The van der Waals surface area contributed by atoms with Crippen LogP contribution in [0.25, 0.3) is 0 Å². The molecule has 1 unspecified atom stereocenters. The Morgan fingerprint density at radius 2 is 2.06 bits per heavy atom. The van der Waals surface area contributed by atoms with Crippen LogP contribution in [-0.4, -0.2) is 25.0 Å². The molecule has 0 aromatic rings. The fourth-order valence-corrected chi connectivity index (χ4v) is 2.91. The molecule has 2 N–H and O–H groups in total. The van der Waals surface area contributed by atoms with Crippen LogP contribution in [0.1, 0.15) is 51.9 Å². The summed E-state index contributed by atoms with van der Waals surface area (Å²) in [6.45, 7) is 4.21. The van der Waals surface area contributed by atoms with Crippen LogP contribution in [-0.2, 0) is 4.79 Å². The second kappa shape index (κ2) is 5.17. The molecule has 0 bridgehead atoms. The van der Waals surface area contributed by atoms with Gasteiger partial charge in [0.25, 0.3) is 0 Å². The average Bonchev–Trinajstić information content (AvgIpc) is 2.58. The van der Waals surface area contributed by atoms with Crippen molar-refractivity contribution in [2.45, 2.75) is 57.9 Å². The van der Waals surface area contributed by atoms with Gasteiger partial charge in [0.2, 0.25) is 5.91 Å². The molecule has 3 nitrogen and oxygen atoms in total. The summed E-state index contributed by atoms with van der Waals surface area (Å²) in [6.07, 6.45) is 8.63.